The zero-order valence-corrected chi connectivity index (χ0v) is 17.5. The summed E-state index contributed by atoms with van der Waals surface area (Å²) >= 11 is 0. The molecule has 0 saturated heterocycles. The molecule has 0 aliphatic heterocycles. The first kappa shape index (κ1) is 17.6. The second-order valence-electron chi connectivity index (χ2n) is 8.78. The van der Waals surface area contributed by atoms with Gasteiger partial charge in [-0.15, -0.1) is 0 Å². The average molecular weight is 370 g/mol. The molecule has 2 aromatic carbocycles. The van der Waals surface area contributed by atoms with Crippen LogP contribution in [0.15, 0.2) is 36.5 Å². The van der Waals surface area contributed by atoms with Crippen molar-refractivity contribution in [3.8, 4) is 22.5 Å². The van der Waals surface area contributed by atoms with Crippen molar-refractivity contribution < 1.29 is 4.57 Å². The normalized spacial score (nSPS) is 15.7. The maximum absolute atomic E-state index is 4.99. The van der Waals surface area contributed by atoms with Crippen LogP contribution in [0.2, 0.25) is 0 Å². The summed E-state index contributed by atoms with van der Waals surface area (Å²) in [6.45, 7) is 6.61. The minimum Gasteiger partial charge on any atom is -0.243 e. The zero-order chi connectivity index (χ0) is 19.4. The highest BCUT2D eigenvalue weighted by Crippen LogP contribution is 2.43. The lowest BCUT2D eigenvalue weighted by Crippen LogP contribution is -2.36. The van der Waals surface area contributed by atoms with Crippen molar-refractivity contribution in [2.45, 2.75) is 58.8 Å². The molecule has 142 valence electrons. The summed E-state index contributed by atoms with van der Waals surface area (Å²) in [5.41, 5.74) is 13.6. The third kappa shape index (κ3) is 2.62. The van der Waals surface area contributed by atoms with Crippen molar-refractivity contribution >= 4 is 0 Å². The van der Waals surface area contributed by atoms with Crippen molar-refractivity contribution in [1.29, 1.82) is 0 Å². The summed E-state index contributed by atoms with van der Waals surface area (Å²) in [6, 6.07) is 11.5. The number of benzene rings is 2. The molecule has 0 N–H and O–H groups in total. The Labute approximate surface area is 168 Å². The molecule has 1 heterocycles. The molecule has 0 amide bonds. The van der Waals surface area contributed by atoms with Crippen molar-refractivity contribution in [2.75, 3.05) is 0 Å². The van der Waals surface area contributed by atoms with Gasteiger partial charge < -0.3 is 0 Å². The number of aryl methyl sites for hydroxylation is 2. The van der Waals surface area contributed by atoms with Crippen LogP contribution in [0.5, 0.6) is 0 Å². The van der Waals surface area contributed by atoms with Gasteiger partial charge in [-0.2, -0.15) is 4.57 Å². The van der Waals surface area contributed by atoms with Crippen LogP contribution in [0, 0.1) is 20.8 Å². The Kier molecular flexibility index (Phi) is 4.12. The van der Waals surface area contributed by atoms with Gasteiger partial charge in [0, 0.05) is 5.56 Å². The van der Waals surface area contributed by atoms with E-state index in [1.165, 1.54) is 76.1 Å². The molecule has 0 atom stereocenters. The standard InChI is InChI=1S/C26H29N2/c1-16-12-17(2)18(3)22(13-16)25-15-27-26-21-11-7-10-20(19-8-5-6-9-19)23(21)14-24(26)28(25)4/h7,10-13,15,19H,5-6,8-9,14H2,1-4H3/q+1. The van der Waals surface area contributed by atoms with E-state index in [-0.39, 0.29) is 0 Å². The van der Waals surface area contributed by atoms with Crippen molar-refractivity contribution in [3.63, 3.8) is 0 Å². The molecule has 0 bridgehead atoms. The van der Waals surface area contributed by atoms with Gasteiger partial charge in [-0.25, -0.2) is 4.98 Å². The van der Waals surface area contributed by atoms with Crippen molar-refractivity contribution in [1.82, 2.24) is 4.98 Å². The Morgan fingerprint density at radius 1 is 1.00 bits per heavy atom. The second-order valence-corrected chi connectivity index (χ2v) is 8.78. The highest BCUT2D eigenvalue weighted by molar-refractivity contribution is 5.74. The Morgan fingerprint density at radius 3 is 2.57 bits per heavy atom. The van der Waals surface area contributed by atoms with E-state index < -0.39 is 0 Å². The summed E-state index contributed by atoms with van der Waals surface area (Å²) in [5.74, 6) is 0.746. The molecule has 5 rings (SSSR count). The highest BCUT2D eigenvalue weighted by atomic mass is 15.0. The number of aromatic nitrogens is 2. The SMILES string of the molecule is Cc1cc(C)c(C)c(-c2cnc3c([n+]2C)Cc2c-3cccc2C2CCCC2)c1. The lowest BCUT2D eigenvalue weighted by Gasteiger charge is -2.13. The van der Waals surface area contributed by atoms with Crippen molar-refractivity contribution in [2.24, 2.45) is 7.05 Å². The molecular weight excluding hydrogens is 340 g/mol. The summed E-state index contributed by atoms with van der Waals surface area (Å²) in [7, 11) is 2.22. The molecule has 3 aromatic rings. The maximum atomic E-state index is 4.99. The van der Waals surface area contributed by atoms with E-state index in [0.29, 0.717) is 0 Å². The van der Waals surface area contributed by atoms with E-state index in [1.54, 1.807) is 5.56 Å². The van der Waals surface area contributed by atoms with Gasteiger partial charge in [0.2, 0.25) is 11.4 Å². The van der Waals surface area contributed by atoms with Gasteiger partial charge in [0.1, 0.15) is 18.9 Å². The maximum Gasteiger partial charge on any atom is 0.231 e. The van der Waals surface area contributed by atoms with E-state index in [4.69, 9.17) is 4.98 Å². The molecule has 2 nitrogen and oxygen atoms in total. The van der Waals surface area contributed by atoms with E-state index in [2.05, 4.69) is 68.9 Å². The number of hydrogen-bond acceptors (Lipinski definition) is 1. The summed E-state index contributed by atoms with van der Waals surface area (Å²) < 4.78 is 2.39. The molecule has 1 saturated carbocycles. The van der Waals surface area contributed by atoms with Gasteiger partial charge in [-0.05, 0) is 67.9 Å². The minimum absolute atomic E-state index is 0.746. The largest absolute Gasteiger partial charge is 0.243 e. The average Bonchev–Trinajstić information content (AvgIpc) is 3.33. The summed E-state index contributed by atoms with van der Waals surface area (Å²) in [4.78, 5) is 4.99. The van der Waals surface area contributed by atoms with Crippen LogP contribution in [0.4, 0.5) is 0 Å². The van der Waals surface area contributed by atoms with Gasteiger partial charge in [-0.3, -0.25) is 0 Å². The van der Waals surface area contributed by atoms with Crippen LogP contribution in [0.1, 0.15) is 65.1 Å². The predicted octanol–water partition coefficient (Wildman–Crippen LogP) is 5.73. The van der Waals surface area contributed by atoms with Gasteiger partial charge >= 0.3 is 0 Å². The molecule has 1 aromatic heterocycles. The fourth-order valence-corrected chi connectivity index (χ4v) is 5.38. The monoisotopic (exact) mass is 369 g/mol. The van der Waals surface area contributed by atoms with Gasteiger partial charge in [-0.1, -0.05) is 42.7 Å². The predicted molar refractivity (Wildman–Crippen MR) is 115 cm³/mol. The van der Waals surface area contributed by atoms with Crippen LogP contribution < -0.4 is 4.57 Å². The van der Waals surface area contributed by atoms with E-state index in [0.717, 1.165) is 12.3 Å². The first-order chi connectivity index (χ1) is 13.5. The Hall–Kier alpha value is -2.48. The number of fused-ring (bicyclic) bond motifs is 3. The quantitative estimate of drug-likeness (QED) is 0.413. The summed E-state index contributed by atoms with van der Waals surface area (Å²) in [5, 5.41) is 0. The van der Waals surface area contributed by atoms with Crippen molar-refractivity contribution in [3.05, 3.63) is 70.0 Å². The zero-order valence-electron chi connectivity index (χ0n) is 17.5. The van der Waals surface area contributed by atoms with E-state index in [9.17, 15) is 0 Å². The third-order valence-electron chi connectivity index (χ3n) is 7.05. The fraction of sp³-hybridized carbons (Fsp3) is 0.385. The first-order valence-corrected chi connectivity index (χ1v) is 10.6. The van der Waals surface area contributed by atoms with Crippen LogP contribution in [-0.2, 0) is 13.5 Å². The van der Waals surface area contributed by atoms with Crippen LogP contribution in [-0.4, -0.2) is 4.98 Å². The Balaban J connectivity index is 1.64. The topological polar surface area (TPSA) is 16.8 Å². The minimum atomic E-state index is 0.746. The lowest BCUT2D eigenvalue weighted by atomic mass is 9.90. The van der Waals surface area contributed by atoms with Crippen LogP contribution >= 0.6 is 0 Å². The second kappa shape index (κ2) is 6.55. The van der Waals surface area contributed by atoms with Gasteiger partial charge in [0.15, 0.2) is 0 Å². The van der Waals surface area contributed by atoms with Gasteiger partial charge in [0.25, 0.3) is 0 Å². The number of hydrogen-bond donors (Lipinski definition) is 0. The molecule has 0 unspecified atom stereocenters. The smallest absolute Gasteiger partial charge is 0.231 e. The molecule has 2 heteroatoms. The molecule has 2 aliphatic carbocycles. The first-order valence-electron chi connectivity index (χ1n) is 10.6. The fourth-order valence-electron chi connectivity index (χ4n) is 5.38. The molecular formula is C26H29N2+. The lowest BCUT2D eigenvalue weighted by molar-refractivity contribution is -0.667. The molecule has 0 radical (unpaired) electrons. The highest BCUT2D eigenvalue weighted by Gasteiger charge is 2.33. The number of rotatable bonds is 2. The Bertz CT molecular complexity index is 1090. The molecule has 28 heavy (non-hydrogen) atoms. The van der Waals surface area contributed by atoms with Crippen LogP contribution in [0.25, 0.3) is 22.5 Å². The molecule has 0 spiro atoms. The Morgan fingerprint density at radius 2 is 1.79 bits per heavy atom. The molecule has 1 fully saturated rings. The molecule has 2 aliphatic rings. The van der Waals surface area contributed by atoms with E-state index in [1.807, 2.05) is 0 Å². The van der Waals surface area contributed by atoms with Crippen LogP contribution in [0.3, 0.4) is 0 Å². The third-order valence-corrected chi connectivity index (χ3v) is 7.05. The van der Waals surface area contributed by atoms with Gasteiger partial charge in [0.05, 0.1) is 12.0 Å². The summed E-state index contributed by atoms with van der Waals surface area (Å²) in [6.07, 6.45) is 8.54. The van der Waals surface area contributed by atoms with E-state index >= 15 is 0 Å². The number of nitrogens with zero attached hydrogens (tertiary/aromatic N) is 2.